The van der Waals surface area contributed by atoms with Crippen molar-refractivity contribution in [2.75, 3.05) is 20.2 Å². The van der Waals surface area contributed by atoms with Gasteiger partial charge in [-0.25, -0.2) is 4.39 Å². The maximum Gasteiger partial charge on any atom is 0.323 e. The number of fused-ring (bicyclic) bond motifs is 1. The number of ether oxygens (including phenoxy) is 1. The van der Waals surface area contributed by atoms with Crippen LogP contribution in [0.2, 0.25) is 0 Å². The Labute approximate surface area is 178 Å². The number of imide groups is 2. The Balaban J connectivity index is 1.70. The Kier molecular flexibility index (Phi) is 6.49. The van der Waals surface area contributed by atoms with Crippen molar-refractivity contribution in [2.45, 2.75) is 38.8 Å². The number of carbonyl (C=O) groups is 5. The lowest BCUT2D eigenvalue weighted by Gasteiger charge is -2.34. The number of nitrogens with zero attached hydrogens (tertiary/aromatic N) is 2. The molecule has 2 unspecified atom stereocenters. The van der Waals surface area contributed by atoms with Gasteiger partial charge in [-0.2, -0.15) is 0 Å². The van der Waals surface area contributed by atoms with Crippen LogP contribution in [0.1, 0.15) is 47.4 Å². The first-order valence-electron chi connectivity index (χ1n) is 10.0. The molecule has 1 aromatic rings. The number of nitrogens with one attached hydrogen (secondary N) is 1. The van der Waals surface area contributed by atoms with Crippen LogP contribution in [0.4, 0.5) is 4.39 Å². The summed E-state index contributed by atoms with van der Waals surface area (Å²) in [6, 6.07) is 1.94. The maximum atomic E-state index is 14.1. The topological polar surface area (TPSA) is 113 Å². The summed E-state index contributed by atoms with van der Waals surface area (Å²) in [5.41, 5.74) is -0.480. The second kappa shape index (κ2) is 8.93. The fourth-order valence-electron chi connectivity index (χ4n) is 3.89. The van der Waals surface area contributed by atoms with Gasteiger partial charge in [-0.15, -0.1) is 0 Å². The van der Waals surface area contributed by atoms with Crippen molar-refractivity contribution in [1.82, 2.24) is 15.1 Å². The SMILES string of the molecule is CNC(C(=O)OCCN1C(=O)CCC(N2C(=O)c3cccc(F)c3C2=O)C1=O)C(C)C. The minimum Gasteiger partial charge on any atom is -0.463 e. The van der Waals surface area contributed by atoms with Crippen LogP contribution in [0.25, 0.3) is 0 Å². The highest BCUT2D eigenvalue weighted by molar-refractivity contribution is 6.23. The third-order valence-electron chi connectivity index (χ3n) is 5.48. The Morgan fingerprint density at radius 3 is 2.55 bits per heavy atom. The van der Waals surface area contributed by atoms with Crippen LogP contribution in [-0.4, -0.2) is 71.7 Å². The standard InChI is InChI=1S/C21H24FN3O6/c1-11(2)17(23-3)21(30)31-10-9-24-15(26)8-7-14(19(24)28)25-18(27)12-5-4-6-13(22)16(12)20(25)29/h4-6,11,14,17,23H,7-10H2,1-3H3. The van der Waals surface area contributed by atoms with Crippen LogP contribution in [0.3, 0.4) is 0 Å². The molecule has 1 aromatic carbocycles. The Morgan fingerprint density at radius 2 is 1.94 bits per heavy atom. The number of hydrogen-bond acceptors (Lipinski definition) is 7. The molecule has 1 saturated heterocycles. The fourth-order valence-corrected chi connectivity index (χ4v) is 3.89. The molecule has 2 aliphatic rings. The quantitative estimate of drug-likeness (QED) is 0.498. The minimum atomic E-state index is -1.22. The zero-order valence-electron chi connectivity index (χ0n) is 17.5. The van der Waals surface area contributed by atoms with Gasteiger partial charge in [0.1, 0.15) is 24.5 Å². The van der Waals surface area contributed by atoms with Gasteiger partial charge in [-0.3, -0.25) is 33.8 Å². The maximum absolute atomic E-state index is 14.1. The molecule has 0 aliphatic carbocycles. The summed E-state index contributed by atoms with van der Waals surface area (Å²) in [5, 5.41) is 2.84. The molecule has 0 saturated carbocycles. The molecule has 0 spiro atoms. The molecule has 0 radical (unpaired) electrons. The number of carbonyl (C=O) groups excluding carboxylic acids is 5. The van der Waals surface area contributed by atoms with Crippen LogP contribution in [0, 0.1) is 11.7 Å². The number of benzene rings is 1. The average Bonchev–Trinajstić information content (AvgIpc) is 2.96. The van der Waals surface area contributed by atoms with Crippen LogP contribution in [0.5, 0.6) is 0 Å². The van der Waals surface area contributed by atoms with Crippen LogP contribution in [0.15, 0.2) is 18.2 Å². The molecule has 9 nitrogen and oxygen atoms in total. The normalized spacial score (nSPS) is 19.8. The van der Waals surface area contributed by atoms with Gasteiger partial charge >= 0.3 is 5.97 Å². The predicted octanol–water partition coefficient (Wildman–Crippen LogP) is 0.726. The zero-order valence-corrected chi connectivity index (χ0v) is 17.5. The predicted molar refractivity (Wildman–Crippen MR) is 105 cm³/mol. The van der Waals surface area contributed by atoms with E-state index in [9.17, 15) is 28.4 Å². The molecule has 4 amide bonds. The van der Waals surface area contributed by atoms with E-state index in [-0.39, 0.29) is 43.0 Å². The summed E-state index contributed by atoms with van der Waals surface area (Å²) in [4.78, 5) is 64.3. The summed E-state index contributed by atoms with van der Waals surface area (Å²) in [6.45, 7) is 3.27. The van der Waals surface area contributed by atoms with Gasteiger partial charge in [0.05, 0.1) is 17.7 Å². The Bertz CT molecular complexity index is 947. The summed E-state index contributed by atoms with van der Waals surface area (Å²) < 4.78 is 19.3. The van der Waals surface area contributed by atoms with E-state index in [4.69, 9.17) is 4.74 Å². The van der Waals surface area contributed by atoms with Gasteiger partial charge in [0.2, 0.25) is 5.91 Å². The molecular formula is C21H24FN3O6. The van der Waals surface area contributed by atoms with E-state index in [1.165, 1.54) is 12.1 Å². The lowest BCUT2D eigenvalue weighted by atomic mass is 10.0. The van der Waals surface area contributed by atoms with E-state index < -0.39 is 47.5 Å². The Hall–Kier alpha value is -3.14. The first-order valence-corrected chi connectivity index (χ1v) is 10.0. The summed E-state index contributed by atoms with van der Waals surface area (Å²) in [6.07, 6.45) is -0.123. The summed E-state index contributed by atoms with van der Waals surface area (Å²) >= 11 is 0. The second-order valence-corrected chi connectivity index (χ2v) is 7.76. The highest BCUT2D eigenvalue weighted by Crippen LogP contribution is 2.30. The monoisotopic (exact) mass is 433 g/mol. The third-order valence-corrected chi connectivity index (χ3v) is 5.48. The summed E-state index contributed by atoms with van der Waals surface area (Å²) in [7, 11) is 1.62. The number of hydrogen-bond donors (Lipinski definition) is 1. The largest absolute Gasteiger partial charge is 0.463 e. The lowest BCUT2D eigenvalue weighted by Crippen LogP contribution is -2.56. The van der Waals surface area contributed by atoms with Crippen molar-refractivity contribution in [2.24, 2.45) is 5.92 Å². The number of amides is 4. The van der Waals surface area contributed by atoms with Crippen molar-refractivity contribution in [3.63, 3.8) is 0 Å². The molecule has 1 N–H and O–H groups in total. The molecule has 3 rings (SSSR count). The van der Waals surface area contributed by atoms with E-state index in [0.717, 1.165) is 15.9 Å². The smallest absolute Gasteiger partial charge is 0.323 e. The van der Waals surface area contributed by atoms with Gasteiger partial charge in [0.15, 0.2) is 0 Å². The zero-order chi connectivity index (χ0) is 22.9. The van der Waals surface area contributed by atoms with E-state index in [1.807, 2.05) is 13.8 Å². The van der Waals surface area contributed by atoms with Crippen molar-refractivity contribution in [3.05, 3.63) is 35.1 Å². The lowest BCUT2D eigenvalue weighted by molar-refractivity contribution is -0.156. The summed E-state index contributed by atoms with van der Waals surface area (Å²) in [5.74, 6) is -4.29. The van der Waals surface area contributed by atoms with Crippen molar-refractivity contribution < 1.29 is 33.1 Å². The van der Waals surface area contributed by atoms with Gasteiger partial charge in [-0.1, -0.05) is 19.9 Å². The fraction of sp³-hybridized carbons (Fsp3) is 0.476. The Morgan fingerprint density at radius 1 is 1.23 bits per heavy atom. The molecule has 2 aliphatic heterocycles. The van der Waals surface area contributed by atoms with E-state index in [2.05, 4.69) is 5.32 Å². The second-order valence-electron chi connectivity index (χ2n) is 7.76. The third kappa shape index (κ3) is 4.07. The van der Waals surface area contributed by atoms with Crippen LogP contribution in [-0.2, 0) is 19.1 Å². The van der Waals surface area contributed by atoms with Gasteiger partial charge in [0.25, 0.3) is 17.7 Å². The minimum absolute atomic E-state index is 0.0191. The van der Waals surface area contributed by atoms with E-state index >= 15 is 0 Å². The number of rotatable bonds is 7. The van der Waals surface area contributed by atoms with Gasteiger partial charge in [0, 0.05) is 6.42 Å². The first kappa shape index (κ1) is 22.5. The highest BCUT2D eigenvalue weighted by atomic mass is 19.1. The molecule has 2 heterocycles. The molecular weight excluding hydrogens is 409 g/mol. The molecule has 10 heteroatoms. The number of piperidine rings is 1. The van der Waals surface area contributed by atoms with Crippen molar-refractivity contribution in [1.29, 1.82) is 0 Å². The molecule has 31 heavy (non-hydrogen) atoms. The number of halogens is 1. The molecule has 0 aromatic heterocycles. The number of likely N-dealkylation sites (N-methyl/N-ethyl adjacent to an activating group) is 1. The van der Waals surface area contributed by atoms with Crippen molar-refractivity contribution in [3.8, 4) is 0 Å². The first-order chi connectivity index (χ1) is 14.7. The van der Waals surface area contributed by atoms with Crippen LogP contribution < -0.4 is 5.32 Å². The van der Waals surface area contributed by atoms with Crippen molar-refractivity contribution >= 4 is 29.6 Å². The number of esters is 1. The molecule has 0 bridgehead atoms. The molecule has 1 fully saturated rings. The highest BCUT2D eigenvalue weighted by Gasteiger charge is 2.47. The average molecular weight is 433 g/mol. The van der Waals surface area contributed by atoms with E-state index in [1.54, 1.807) is 7.05 Å². The molecule has 166 valence electrons. The number of likely N-dealkylation sites (tertiary alicyclic amines) is 1. The molecule has 2 atom stereocenters. The van der Waals surface area contributed by atoms with E-state index in [0.29, 0.717) is 0 Å². The van der Waals surface area contributed by atoms with Gasteiger partial charge in [-0.05, 0) is 31.5 Å². The van der Waals surface area contributed by atoms with Gasteiger partial charge < -0.3 is 10.1 Å². The van der Waals surface area contributed by atoms with Crippen LogP contribution >= 0.6 is 0 Å².